The topological polar surface area (TPSA) is 51.1 Å². The zero-order valence-corrected chi connectivity index (χ0v) is 17.3. The van der Waals surface area contributed by atoms with E-state index in [0.29, 0.717) is 28.5 Å². The van der Waals surface area contributed by atoms with Crippen molar-refractivity contribution in [2.45, 2.75) is 12.5 Å². The van der Waals surface area contributed by atoms with Gasteiger partial charge in [-0.2, -0.15) is 0 Å². The van der Waals surface area contributed by atoms with Crippen LogP contribution < -0.4 is 14.4 Å². The molecule has 0 N–H and O–H groups in total. The number of hydrogen-bond donors (Lipinski definition) is 0. The molecular formula is C24H19ClN2O3. The van der Waals surface area contributed by atoms with Crippen LogP contribution in [0.3, 0.4) is 0 Å². The molecule has 1 unspecified atom stereocenters. The summed E-state index contributed by atoms with van der Waals surface area (Å²) in [4.78, 5) is 20.4. The normalized spacial score (nSPS) is 16.9. The lowest BCUT2D eigenvalue weighted by molar-refractivity contribution is 0.0989. The minimum absolute atomic E-state index is 0.106. The summed E-state index contributed by atoms with van der Waals surface area (Å²) in [6, 6.07) is 19.0. The second kappa shape index (κ2) is 7.18. The maximum Gasteiger partial charge on any atom is 0.263 e. The van der Waals surface area contributed by atoms with Crippen molar-refractivity contribution in [3.63, 3.8) is 0 Å². The molecule has 0 saturated heterocycles. The van der Waals surface area contributed by atoms with Gasteiger partial charge in [0.05, 0.1) is 42.9 Å². The van der Waals surface area contributed by atoms with Gasteiger partial charge in [0, 0.05) is 11.4 Å². The Morgan fingerprint density at radius 2 is 1.77 bits per heavy atom. The lowest BCUT2D eigenvalue weighted by atomic mass is 9.96. The van der Waals surface area contributed by atoms with Crippen molar-refractivity contribution < 1.29 is 14.3 Å². The first-order valence-corrected chi connectivity index (χ1v) is 10.0. The molecule has 1 atom stereocenters. The van der Waals surface area contributed by atoms with Crippen LogP contribution in [0.4, 0.5) is 11.4 Å². The predicted octanol–water partition coefficient (Wildman–Crippen LogP) is 5.58. The number of para-hydroxylation sites is 2. The molecule has 0 aliphatic carbocycles. The predicted molar refractivity (Wildman–Crippen MR) is 118 cm³/mol. The maximum atomic E-state index is 13.6. The first-order valence-electron chi connectivity index (χ1n) is 9.63. The van der Waals surface area contributed by atoms with Crippen molar-refractivity contribution in [3.05, 3.63) is 82.4 Å². The largest absolute Gasteiger partial charge is 0.493 e. The highest BCUT2D eigenvalue weighted by Crippen LogP contribution is 2.50. The second-order valence-electron chi connectivity index (χ2n) is 7.21. The first-order chi connectivity index (χ1) is 14.6. The Hall–Kier alpha value is -3.31. The van der Waals surface area contributed by atoms with Crippen LogP contribution in [0.1, 0.15) is 33.9 Å². The molecule has 3 aromatic rings. The Bertz CT molecular complexity index is 1190. The van der Waals surface area contributed by atoms with Gasteiger partial charge < -0.3 is 9.47 Å². The number of carbonyl (C=O) groups excluding carboxylic acids is 1. The number of fused-ring (bicyclic) bond motifs is 5. The van der Waals surface area contributed by atoms with Gasteiger partial charge in [-0.3, -0.25) is 14.7 Å². The molecule has 2 aliphatic rings. The van der Waals surface area contributed by atoms with Gasteiger partial charge in [-0.1, -0.05) is 41.9 Å². The fraction of sp³-hybridized carbons (Fsp3) is 0.167. The number of ether oxygens (including phenoxy) is 2. The fourth-order valence-corrected chi connectivity index (χ4v) is 4.41. The van der Waals surface area contributed by atoms with Crippen molar-refractivity contribution in [1.29, 1.82) is 0 Å². The van der Waals surface area contributed by atoms with E-state index in [-0.39, 0.29) is 11.9 Å². The van der Waals surface area contributed by atoms with Gasteiger partial charge in [0.15, 0.2) is 11.5 Å². The molecule has 150 valence electrons. The van der Waals surface area contributed by atoms with Gasteiger partial charge in [-0.05, 0) is 41.5 Å². The van der Waals surface area contributed by atoms with Crippen LogP contribution in [-0.2, 0) is 0 Å². The van der Waals surface area contributed by atoms with Gasteiger partial charge in [0.2, 0.25) is 0 Å². The SMILES string of the molecule is COc1ccc2c(c1OC)C(=O)N1c3ccccc3N=C(c3ccc(Cl)cc3)CC21. The van der Waals surface area contributed by atoms with Crippen LogP contribution in [0.5, 0.6) is 11.5 Å². The molecule has 0 radical (unpaired) electrons. The lowest BCUT2D eigenvalue weighted by Gasteiger charge is -2.24. The quantitative estimate of drug-likeness (QED) is 0.557. The monoisotopic (exact) mass is 418 g/mol. The highest BCUT2D eigenvalue weighted by Gasteiger charge is 2.43. The maximum absolute atomic E-state index is 13.6. The third-order valence-corrected chi connectivity index (χ3v) is 5.89. The number of methoxy groups -OCH3 is 2. The number of benzene rings is 3. The number of aliphatic imine (C=N–C) groups is 1. The van der Waals surface area contributed by atoms with E-state index < -0.39 is 0 Å². The van der Waals surface area contributed by atoms with Crippen LogP contribution in [0.25, 0.3) is 0 Å². The van der Waals surface area contributed by atoms with Crippen molar-refractivity contribution >= 4 is 34.6 Å². The van der Waals surface area contributed by atoms with Crippen LogP contribution in [0, 0.1) is 0 Å². The van der Waals surface area contributed by atoms with E-state index in [2.05, 4.69) is 0 Å². The molecular weight excluding hydrogens is 400 g/mol. The number of amides is 1. The molecule has 30 heavy (non-hydrogen) atoms. The van der Waals surface area contributed by atoms with E-state index in [4.69, 9.17) is 26.1 Å². The number of hydrogen-bond acceptors (Lipinski definition) is 4. The summed E-state index contributed by atoms with van der Waals surface area (Å²) in [5.41, 5.74) is 4.90. The summed E-state index contributed by atoms with van der Waals surface area (Å²) in [5, 5.41) is 0.674. The highest BCUT2D eigenvalue weighted by atomic mass is 35.5. The molecule has 5 nitrogen and oxygen atoms in total. The number of rotatable bonds is 3. The minimum Gasteiger partial charge on any atom is -0.493 e. The van der Waals surface area contributed by atoms with Gasteiger partial charge in [-0.25, -0.2) is 0 Å². The van der Waals surface area contributed by atoms with Crippen LogP contribution in [-0.4, -0.2) is 25.8 Å². The molecule has 0 aromatic heterocycles. The molecule has 3 aromatic carbocycles. The third-order valence-electron chi connectivity index (χ3n) is 5.64. The van der Waals surface area contributed by atoms with Gasteiger partial charge in [0.1, 0.15) is 0 Å². The van der Waals surface area contributed by atoms with Crippen LogP contribution in [0.15, 0.2) is 65.7 Å². The van der Waals surface area contributed by atoms with Gasteiger partial charge in [-0.15, -0.1) is 0 Å². The van der Waals surface area contributed by atoms with E-state index in [9.17, 15) is 4.79 Å². The number of anilines is 1. The molecule has 0 bridgehead atoms. The van der Waals surface area contributed by atoms with Crippen molar-refractivity contribution in [3.8, 4) is 11.5 Å². The average molecular weight is 419 g/mol. The van der Waals surface area contributed by atoms with Crippen molar-refractivity contribution in [2.24, 2.45) is 4.99 Å². The van der Waals surface area contributed by atoms with Gasteiger partial charge >= 0.3 is 0 Å². The summed E-state index contributed by atoms with van der Waals surface area (Å²) >= 11 is 6.08. The molecule has 2 aliphatic heterocycles. The van der Waals surface area contributed by atoms with E-state index in [1.165, 1.54) is 0 Å². The molecule has 0 fully saturated rings. The highest BCUT2D eigenvalue weighted by molar-refractivity contribution is 6.30. The summed E-state index contributed by atoms with van der Waals surface area (Å²) < 4.78 is 11.0. The van der Waals surface area contributed by atoms with Crippen molar-refractivity contribution in [1.82, 2.24) is 0 Å². The Balaban J connectivity index is 1.72. The molecule has 5 rings (SSSR count). The average Bonchev–Trinajstić information content (AvgIpc) is 2.94. The van der Waals surface area contributed by atoms with Crippen molar-refractivity contribution in [2.75, 3.05) is 19.1 Å². The Morgan fingerprint density at radius 1 is 1.00 bits per heavy atom. The Morgan fingerprint density at radius 3 is 2.50 bits per heavy atom. The summed E-state index contributed by atoms with van der Waals surface area (Å²) in [5.74, 6) is 0.906. The molecule has 1 amide bonds. The molecule has 2 heterocycles. The molecule has 0 spiro atoms. The lowest BCUT2D eigenvalue weighted by Crippen LogP contribution is -2.28. The van der Waals surface area contributed by atoms with Gasteiger partial charge in [0.25, 0.3) is 5.91 Å². The standard InChI is InChI=1S/C24H19ClN2O3/c1-29-21-12-11-16-20-13-18(14-7-9-15(25)10-8-14)26-17-5-3-4-6-19(17)27(20)24(28)22(16)23(21)30-2/h3-12,20H,13H2,1-2H3. The minimum atomic E-state index is -0.189. The smallest absolute Gasteiger partial charge is 0.263 e. The van der Waals surface area contributed by atoms with E-state index in [1.807, 2.05) is 65.6 Å². The fourth-order valence-electron chi connectivity index (χ4n) is 4.28. The Kier molecular flexibility index (Phi) is 4.48. The zero-order chi connectivity index (χ0) is 20.8. The zero-order valence-electron chi connectivity index (χ0n) is 16.6. The summed E-state index contributed by atoms with van der Waals surface area (Å²) in [7, 11) is 3.13. The number of halogens is 1. The molecule has 0 saturated carbocycles. The molecule has 6 heteroatoms. The van der Waals surface area contributed by atoms with Crippen LogP contribution in [0.2, 0.25) is 5.02 Å². The first kappa shape index (κ1) is 18.7. The summed E-state index contributed by atoms with van der Waals surface area (Å²) in [6.45, 7) is 0. The second-order valence-corrected chi connectivity index (χ2v) is 7.65. The Labute approximate surface area is 179 Å². The van der Waals surface area contributed by atoms with E-state index in [1.54, 1.807) is 14.2 Å². The summed E-state index contributed by atoms with van der Waals surface area (Å²) in [6.07, 6.45) is 0.574. The third kappa shape index (κ3) is 2.77. The van der Waals surface area contributed by atoms with Crippen LogP contribution >= 0.6 is 11.6 Å². The van der Waals surface area contributed by atoms with E-state index in [0.717, 1.165) is 28.2 Å². The number of carbonyl (C=O) groups is 1. The van der Waals surface area contributed by atoms with E-state index >= 15 is 0 Å². The number of nitrogens with zero attached hydrogens (tertiary/aromatic N) is 2.